The van der Waals surface area contributed by atoms with Gasteiger partial charge in [0.25, 0.3) is 0 Å². The van der Waals surface area contributed by atoms with Gasteiger partial charge in [0.05, 0.1) is 5.38 Å². The van der Waals surface area contributed by atoms with E-state index in [1.54, 1.807) is 6.08 Å². The second-order valence-corrected chi connectivity index (χ2v) is 3.05. The Morgan fingerprint density at radius 3 is 3.17 bits per heavy atom. The van der Waals surface area contributed by atoms with Crippen molar-refractivity contribution in [3.8, 4) is 0 Å². The van der Waals surface area contributed by atoms with Crippen LogP contribution in [0.3, 0.4) is 0 Å². The highest BCUT2D eigenvalue weighted by Gasteiger charge is 2.21. The molecule has 0 aromatic carbocycles. The van der Waals surface area contributed by atoms with Crippen LogP contribution in [0.4, 0.5) is 0 Å². The van der Waals surface area contributed by atoms with Gasteiger partial charge in [0.2, 0.25) is 0 Å². The number of carbonyl (C=O) groups is 1. The molecule has 0 amide bonds. The Bertz CT molecular complexity index is 221. The van der Waals surface area contributed by atoms with E-state index < -0.39 is 0 Å². The third-order valence-corrected chi connectivity index (χ3v) is 1.94. The number of cyclic esters (lactones) is 1. The average Bonchev–Trinajstić information content (AvgIpc) is 2.07. The monoisotopic (exact) mass is 186 g/mol. The van der Waals surface area contributed by atoms with Crippen LogP contribution in [0.25, 0.3) is 0 Å². The van der Waals surface area contributed by atoms with Gasteiger partial charge in [-0.1, -0.05) is 19.1 Å². The van der Waals surface area contributed by atoms with Gasteiger partial charge in [-0.15, -0.1) is 11.6 Å². The Hall–Kier alpha value is -0.760. The summed E-state index contributed by atoms with van der Waals surface area (Å²) in [4.78, 5) is 10.8. The molecular weight excluding hydrogens is 176 g/mol. The van der Waals surface area contributed by atoms with Gasteiger partial charge in [-0.3, -0.25) is 0 Å². The van der Waals surface area contributed by atoms with Crippen LogP contribution in [0, 0.1) is 0 Å². The average molecular weight is 187 g/mol. The van der Waals surface area contributed by atoms with Crippen LogP contribution >= 0.6 is 11.6 Å². The molecular formula is C9H11ClO2. The zero-order valence-electron chi connectivity index (χ0n) is 6.87. The molecule has 2 atom stereocenters. The Balaban J connectivity index is 2.59. The zero-order valence-corrected chi connectivity index (χ0v) is 7.62. The predicted molar refractivity (Wildman–Crippen MR) is 48.1 cm³/mol. The number of hydrogen-bond donors (Lipinski definition) is 0. The van der Waals surface area contributed by atoms with Crippen molar-refractivity contribution in [1.29, 1.82) is 0 Å². The Morgan fingerprint density at radius 1 is 1.75 bits per heavy atom. The van der Waals surface area contributed by atoms with E-state index in [0.29, 0.717) is 0 Å². The maximum absolute atomic E-state index is 10.8. The summed E-state index contributed by atoms with van der Waals surface area (Å²) in [7, 11) is 0. The van der Waals surface area contributed by atoms with E-state index in [2.05, 4.69) is 0 Å². The van der Waals surface area contributed by atoms with E-state index >= 15 is 0 Å². The van der Waals surface area contributed by atoms with Gasteiger partial charge in [-0.05, 0) is 12.5 Å². The molecule has 1 aliphatic heterocycles. The third kappa shape index (κ3) is 2.38. The largest absolute Gasteiger partial charge is 0.453 e. The van der Waals surface area contributed by atoms with Crippen molar-refractivity contribution in [2.24, 2.45) is 0 Å². The quantitative estimate of drug-likeness (QED) is 0.375. The van der Waals surface area contributed by atoms with E-state index in [9.17, 15) is 4.79 Å². The molecule has 12 heavy (non-hydrogen) atoms. The smallest absolute Gasteiger partial charge is 0.331 e. The van der Waals surface area contributed by atoms with Crippen LogP contribution in [0.2, 0.25) is 0 Å². The van der Waals surface area contributed by atoms with Gasteiger partial charge >= 0.3 is 5.97 Å². The number of allylic oxidation sites excluding steroid dienone is 1. The highest BCUT2D eigenvalue weighted by atomic mass is 35.5. The summed E-state index contributed by atoms with van der Waals surface area (Å²) in [6.07, 6.45) is 7.38. The SMILES string of the molecule is CC/C=C/[C@@H]1OC(=O)C=C[C@H]1Cl. The summed E-state index contributed by atoms with van der Waals surface area (Å²) in [6.45, 7) is 2.01. The fraction of sp³-hybridized carbons (Fsp3) is 0.444. The number of halogens is 1. The summed E-state index contributed by atoms with van der Waals surface area (Å²) >= 11 is 5.87. The number of esters is 1. The van der Waals surface area contributed by atoms with Gasteiger partial charge < -0.3 is 4.74 Å². The van der Waals surface area contributed by atoms with Gasteiger partial charge in [0.1, 0.15) is 6.10 Å². The van der Waals surface area contributed by atoms with Gasteiger partial charge in [0, 0.05) is 6.08 Å². The number of ether oxygens (including phenoxy) is 1. The van der Waals surface area contributed by atoms with Crippen molar-refractivity contribution in [3.05, 3.63) is 24.3 Å². The number of hydrogen-bond acceptors (Lipinski definition) is 2. The van der Waals surface area contributed by atoms with Crippen molar-refractivity contribution in [3.63, 3.8) is 0 Å². The van der Waals surface area contributed by atoms with Crippen LogP contribution in [0.5, 0.6) is 0 Å². The van der Waals surface area contributed by atoms with Crippen LogP contribution < -0.4 is 0 Å². The van der Waals surface area contributed by atoms with Crippen molar-refractivity contribution < 1.29 is 9.53 Å². The molecule has 0 aromatic rings. The molecule has 0 radical (unpaired) electrons. The van der Waals surface area contributed by atoms with Crippen molar-refractivity contribution in [2.45, 2.75) is 24.8 Å². The normalized spacial score (nSPS) is 29.3. The summed E-state index contributed by atoms with van der Waals surface area (Å²) in [5.41, 5.74) is 0. The molecule has 0 bridgehead atoms. The first-order valence-corrected chi connectivity index (χ1v) is 4.37. The second-order valence-electron chi connectivity index (χ2n) is 2.54. The molecule has 0 saturated heterocycles. The van der Waals surface area contributed by atoms with Crippen molar-refractivity contribution >= 4 is 17.6 Å². The minimum Gasteiger partial charge on any atom is -0.453 e. The molecule has 0 unspecified atom stereocenters. The maximum Gasteiger partial charge on any atom is 0.331 e. The minimum atomic E-state index is -0.322. The van der Waals surface area contributed by atoms with Crippen LogP contribution in [-0.2, 0) is 9.53 Å². The number of rotatable bonds is 2. The van der Waals surface area contributed by atoms with Crippen molar-refractivity contribution in [1.82, 2.24) is 0 Å². The van der Waals surface area contributed by atoms with Gasteiger partial charge in [-0.2, -0.15) is 0 Å². The molecule has 66 valence electrons. The molecule has 1 aliphatic rings. The predicted octanol–water partition coefficient (Wildman–Crippen LogP) is 2.04. The maximum atomic E-state index is 10.8. The van der Waals surface area contributed by atoms with Crippen LogP contribution in [0.1, 0.15) is 13.3 Å². The molecule has 1 heterocycles. The van der Waals surface area contributed by atoms with Crippen LogP contribution in [-0.4, -0.2) is 17.5 Å². The first-order chi connectivity index (χ1) is 5.74. The Morgan fingerprint density at radius 2 is 2.50 bits per heavy atom. The molecule has 2 nitrogen and oxygen atoms in total. The van der Waals surface area contributed by atoms with Gasteiger partial charge in [0.15, 0.2) is 0 Å². The topological polar surface area (TPSA) is 26.3 Å². The fourth-order valence-corrected chi connectivity index (χ4v) is 1.14. The summed E-state index contributed by atoms with van der Waals surface area (Å²) < 4.78 is 4.96. The molecule has 0 aliphatic carbocycles. The zero-order chi connectivity index (χ0) is 8.97. The fourth-order valence-electron chi connectivity index (χ4n) is 0.934. The van der Waals surface area contributed by atoms with Crippen molar-refractivity contribution in [2.75, 3.05) is 0 Å². The standard InChI is InChI=1S/C9H11ClO2/c1-2-3-4-8-7(10)5-6-9(11)12-8/h3-8H,2H2,1H3/b4-3+/t7-,8+/m1/s1. The lowest BCUT2D eigenvalue weighted by Gasteiger charge is -2.19. The van der Waals surface area contributed by atoms with Gasteiger partial charge in [-0.25, -0.2) is 4.79 Å². The lowest BCUT2D eigenvalue weighted by Crippen LogP contribution is -2.27. The molecule has 0 fully saturated rings. The number of carbonyl (C=O) groups excluding carboxylic acids is 1. The summed E-state index contributed by atoms with van der Waals surface area (Å²) in [5.74, 6) is -0.322. The Kier molecular flexibility index (Phi) is 3.35. The summed E-state index contributed by atoms with van der Waals surface area (Å²) in [6, 6.07) is 0. The van der Waals surface area contributed by atoms with E-state index in [4.69, 9.17) is 16.3 Å². The molecule has 0 saturated carbocycles. The van der Waals surface area contributed by atoms with Crippen LogP contribution in [0.15, 0.2) is 24.3 Å². The lowest BCUT2D eigenvalue weighted by atomic mass is 10.1. The number of alkyl halides is 1. The molecule has 1 rings (SSSR count). The summed E-state index contributed by atoms with van der Waals surface area (Å²) in [5, 5.41) is -0.231. The third-order valence-electron chi connectivity index (χ3n) is 1.54. The van der Waals surface area contributed by atoms with E-state index in [0.717, 1.165) is 6.42 Å². The molecule has 3 heteroatoms. The second kappa shape index (κ2) is 4.31. The first kappa shape index (κ1) is 9.33. The first-order valence-electron chi connectivity index (χ1n) is 3.93. The highest BCUT2D eigenvalue weighted by molar-refractivity contribution is 6.23. The highest BCUT2D eigenvalue weighted by Crippen LogP contribution is 2.15. The van der Waals surface area contributed by atoms with E-state index in [1.807, 2.05) is 19.1 Å². The van der Waals surface area contributed by atoms with E-state index in [-0.39, 0.29) is 17.5 Å². The van der Waals surface area contributed by atoms with E-state index in [1.165, 1.54) is 6.08 Å². The lowest BCUT2D eigenvalue weighted by molar-refractivity contribution is -0.141. The minimum absolute atomic E-state index is 0.231. The molecule has 0 N–H and O–H groups in total. The molecule has 0 spiro atoms. The Labute approximate surface area is 76.9 Å². The molecule has 0 aromatic heterocycles.